The maximum atomic E-state index is 11.6. The summed E-state index contributed by atoms with van der Waals surface area (Å²) in [5.74, 6) is -0.311. The van der Waals surface area contributed by atoms with Crippen molar-refractivity contribution in [3.05, 3.63) is 95.7 Å². The average molecular weight is 452 g/mol. The maximum Gasteiger partial charge on any atom is 0.337 e. The van der Waals surface area contributed by atoms with E-state index >= 15 is 0 Å². The van der Waals surface area contributed by atoms with Gasteiger partial charge in [0.1, 0.15) is 0 Å². The van der Waals surface area contributed by atoms with Crippen molar-refractivity contribution in [3.8, 4) is 11.1 Å². The number of para-hydroxylation sites is 1. The van der Waals surface area contributed by atoms with Crippen LogP contribution in [0.2, 0.25) is 0 Å². The molecule has 1 fully saturated rings. The molecular weight excluding hydrogens is 422 g/mol. The molecule has 0 saturated carbocycles. The third-order valence-corrected chi connectivity index (χ3v) is 6.53. The molecule has 1 saturated heterocycles. The number of aryl methyl sites for hydroxylation is 1. The third kappa shape index (κ3) is 4.66. The van der Waals surface area contributed by atoms with Gasteiger partial charge in [-0.3, -0.25) is 9.88 Å². The number of benzene rings is 3. The molecule has 172 valence electrons. The molecule has 34 heavy (non-hydrogen) atoms. The lowest BCUT2D eigenvalue weighted by atomic mass is 10.0. The van der Waals surface area contributed by atoms with Gasteiger partial charge in [0, 0.05) is 49.5 Å². The summed E-state index contributed by atoms with van der Waals surface area (Å²) in [7, 11) is 1.40. The number of methoxy groups -OCH3 is 1. The van der Waals surface area contributed by atoms with Crippen molar-refractivity contribution in [1.82, 2.24) is 9.88 Å². The quantitative estimate of drug-likeness (QED) is 0.384. The molecule has 0 radical (unpaired) electrons. The number of pyridine rings is 1. The summed E-state index contributed by atoms with van der Waals surface area (Å²) < 4.78 is 4.78. The standard InChI is InChI=1S/C29H29N3O2/c1-21-19-28(26-5-3-4-6-27(26)30-21)32-17-15-31(16-18-32)20-22-7-9-23(10-8-22)24-11-13-25(14-12-24)29(33)34-2/h3-14,19H,15-18,20H2,1-2H3. The first-order chi connectivity index (χ1) is 16.6. The van der Waals surface area contributed by atoms with Crippen LogP contribution >= 0.6 is 0 Å². The van der Waals surface area contributed by atoms with Crippen LogP contribution in [-0.4, -0.2) is 49.1 Å². The molecule has 3 aromatic carbocycles. The first-order valence-corrected chi connectivity index (χ1v) is 11.7. The van der Waals surface area contributed by atoms with Crippen molar-refractivity contribution in [2.45, 2.75) is 13.5 Å². The Morgan fingerprint density at radius 3 is 2.21 bits per heavy atom. The minimum atomic E-state index is -0.311. The molecule has 4 aromatic rings. The summed E-state index contributed by atoms with van der Waals surface area (Å²) in [5, 5.41) is 1.23. The summed E-state index contributed by atoms with van der Waals surface area (Å²) in [6.07, 6.45) is 0. The van der Waals surface area contributed by atoms with Gasteiger partial charge in [0.25, 0.3) is 0 Å². The SMILES string of the molecule is COC(=O)c1ccc(-c2ccc(CN3CCN(c4cc(C)nc5ccccc45)CC3)cc2)cc1. The number of carbonyl (C=O) groups is 1. The highest BCUT2D eigenvalue weighted by atomic mass is 16.5. The van der Waals surface area contributed by atoms with E-state index in [1.54, 1.807) is 0 Å². The van der Waals surface area contributed by atoms with Crippen LogP contribution < -0.4 is 4.90 Å². The fourth-order valence-corrected chi connectivity index (χ4v) is 4.67. The van der Waals surface area contributed by atoms with Crippen molar-refractivity contribution >= 4 is 22.6 Å². The summed E-state index contributed by atoms with van der Waals surface area (Å²) in [6.45, 7) is 7.11. The lowest BCUT2D eigenvalue weighted by Gasteiger charge is -2.36. The van der Waals surface area contributed by atoms with Crippen LogP contribution in [0.15, 0.2) is 78.9 Å². The summed E-state index contributed by atoms with van der Waals surface area (Å²) in [4.78, 5) is 21.3. The van der Waals surface area contributed by atoms with Crippen LogP contribution in [-0.2, 0) is 11.3 Å². The molecular formula is C29H29N3O2. The number of anilines is 1. The van der Waals surface area contributed by atoms with E-state index < -0.39 is 0 Å². The van der Waals surface area contributed by atoms with Gasteiger partial charge in [-0.05, 0) is 47.9 Å². The number of ether oxygens (including phenoxy) is 1. The zero-order chi connectivity index (χ0) is 23.5. The van der Waals surface area contributed by atoms with E-state index in [0.29, 0.717) is 5.56 Å². The minimum Gasteiger partial charge on any atom is -0.465 e. The van der Waals surface area contributed by atoms with E-state index in [1.165, 1.54) is 23.7 Å². The Labute approximate surface area is 200 Å². The van der Waals surface area contributed by atoms with Crippen LogP contribution in [0.4, 0.5) is 5.69 Å². The van der Waals surface area contributed by atoms with Crippen LogP contribution in [0.5, 0.6) is 0 Å². The van der Waals surface area contributed by atoms with E-state index in [1.807, 2.05) is 24.3 Å². The molecule has 1 aliphatic rings. The summed E-state index contributed by atoms with van der Waals surface area (Å²) in [6, 6.07) is 26.9. The van der Waals surface area contributed by atoms with Crippen molar-refractivity contribution in [2.24, 2.45) is 0 Å². The Balaban J connectivity index is 1.21. The normalized spacial score (nSPS) is 14.4. The van der Waals surface area contributed by atoms with E-state index in [2.05, 4.69) is 76.3 Å². The van der Waals surface area contributed by atoms with E-state index in [4.69, 9.17) is 4.74 Å². The second-order valence-corrected chi connectivity index (χ2v) is 8.83. The predicted octanol–water partition coefficient (Wildman–Crippen LogP) is 5.32. The van der Waals surface area contributed by atoms with Crippen LogP contribution in [0, 0.1) is 6.92 Å². The van der Waals surface area contributed by atoms with Gasteiger partial charge in [-0.2, -0.15) is 0 Å². The monoisotopic (exact) mass is 451 g/mol. The lowest BCUT2D eigenvalue weighted by molar-refractivity contribution is 0.0601. The first kappa shape index (κ1) is 22.1. The number of hydrogen-bond acceptors (Lipinski definition) is 5. The van der Waals surface area contributed by atoms with Gasteiger partial charge < -0.3 is 9.64 Å². The van der Waals surface area contributed by atoms with E-state index in [-0.39, 0.29) is 5.97 Å². The molecule has 2 heterocycles. The zero-order valence-electron chi connectivity index (χ0n) is 19.7. The molecule has 0 aliphatic carbocycles. The van der Waals surface area contributed by atoms with Crippen molar-refractivity contribution < 1.29 is 9.53 Å². The molecule has 0 spiro atoms. The second-order valence-electron chi connectivity index (χ2n) is 8.83. The van der Waals surface area contributed by atoms with Crippen molar-refractivity contribution in [1.29, 1.82) is 0 Å². The third-order valence-electron chi connectivity index (χ3n) is 6.53. The predicted molar refractivity (Wildman–Crippen MR) is 137 cm³/mol. The molecule has 0 amide bonds. The minimum absolute atomic E-state index is 0.311. The van der Waals surface area contributed by atoms with Crippen LogP contribution in [0.3, 0.4) is 0 Å². The smallest absolute Gasteiger partial charge is 0.337 e. The molecule has 0 atom stereocenters. The Morgan fingerprint density at radius 1 is 0.882 bits per heavy atom. The van der Waals surface area contributed by atoms with Gasteiger partial charge in [-0.25, -0.2) is 4.79 Å². The average Bonchev–Trinajstić information content (AvgIpc) is 2.89. The molecule has 5 heteroatoms. The number of hydrogen-bond donors (Lipinski definition) is 0. The highest BCUT2D eigenvalue weighted by Gasteiger charge is 2.19. The Bertz CT molecular complexity index is 1290. The molecule has 1 aromatic heterocycles. The molecule has 0 unspecified atom stereocenters. The number of carbonyl (C=O) groups excluding carboxylic acids is 1. The number of piperazine rings is 1. The second kappa shape index (κ2) is 9.65. The molecule has 0 bridgehead atoms. The highest BCUT2D eigenvalue weighted by molar-refractivity contribution is 5.92. The molecule has 1 aliphatic heterocycles. The summed E-state index contributed by atoms with van der Waals surface area (Å²) >= 11 is 0. The van der Waals surface area contributed by atoms with Crippen LogP contribution in [0.25, 0.3) is 22.0 Å². The summed E-state index contributed by atoms with van der Waals surface area (Å²) in [5.41, 5.74) is 7.55. The number of rotatable bonds is 5. The Hall–Kier alpha value is -3.70. The van der Waals surface area contributed by atoms with E-state index in [0.717, 1.165) is 55.1 Å². The fraction of sp³-hybridized carbons (Fsp3) is 0.241. The first-order valence-electron chi connectivity index (χ1n) is 11.7. The van der Waals surface area contributed by atoms with Gasteiger partial charge in [0.05, 0.1) is 18.2 Å². The van der Waals surface area contributed by atoms with Crippen molar-refractivity contribution in [3.63, 3.8) is 0 Å². The topological polar surface area (TPSA) is 45.7 Å². The Morgan fingerprint density at radius 2 is 1.53 bits per heavy atom. The largest absolute Gasteiger partial charge is 0.465 e. The van der Waals surface area contributed by atoms with Gasteiger partial charge in [0.2, 0.25) is 0 Å². The number of aromatic nitrogens is 1. The maximum absolute atomic E-state index is 11.6. The molecule has 0 N–H and O–H groups in total. The lowest BCUT2D eigenvalue weighted by Crippen LogP contribution is -2.46. The van der Waals surface area contributed by atoms with Gasteiger partial charge in [-0.1, -0.05) is 54.6 Å². The fourth-order valence-electron chi connectivity index (χ4n) is 4.67. The van der Waals surface area contributed by atoms with Crippen molar-refractivity contribution in [2.75, 3.05) is 38.2 Å². The molecule has 5 nitrogen and oxygen atoms in total. The van der Waals surface area contributed by atoms with Gasteiger partial charge in [0.15, 0.2) is 0 Å². The van der Waals surface area contributed by atoms with Gasteiger partial charge >= 0.3 is 5.97 Å². The number of fused-ring (bicyclic) bond motifs is 1. The number of esters is 1. The highest BCUT2D eigenvalue weighted by Crippen LogP contribution is 2.28. The molecule has 5 rings (SSSR count). The van der Waals surface area contributed by atoms with E-state index in [9.17, 15) is 4.79 Å². The number of nitrogens with zero attached hydrogens (tertiary/aromatic N) is 3. The van der Waals surface area contributed by atoms with Crippen LogP contribution in [0.1, 0.15) is 21.6 Å². The Kier molecular flexibility index (Phi) is 6.28. The van der Waals surface area contributed by atoms with Gasteiger partial charge in [-0.15, -0.1) is 0 Å². The zero-order valence-corrected chi connectivity index (χ0v) is 19.7.